The van der Waals surface area contributed by atoms with Crippen molar-refractivity contribution in [2.45, 2.75) is 18.3 Å². The number of hydrogen-bond acceptors (Lipinski definition) is 3. The van der Waals surface area contributed by atoms with Gasteiger partial charge in [0.25, 0.3) is 0 Å². The Morgan fingerprint density at radius 3 is 2.70 bits per heavy atom. The Balaban J connectivity index is 2.06. The predicted molar refractivity (Wildman–Crippen MR) is 82.9 cm³/mol. The molecule has 0 saturated carbocycles. The monoisotopic (exact) mass is 338 g/mol. The Bertz CT molecular complexity index is 458. The molecule has 1 aromatic rings. The van der Waals surface area contributed by atoms with Crippen LogP contribution in [0.3, 0.4) is 0 Å². The molecule has 108 valence electrons. The molecule has 0 aromatic heterocycles. The van der Waals surface area contributed by atoms with E-state index in [9.17, 15) is 0 Å². The van der Waals surface area contributed by atoms with Gasteiger partial charge in [-0.2, -0.15) is 0 Å². The number of ether oxygens (including phenoxy) is 3. The highest BCUT2D eigenvalue weighted by atomic mass is 79.9. The molecular formula is C16H19BrO3. The van der Waals surface area contributed by atoms with Crippen molar-refractivity contribution >= 4 is 15.9 Å². The molecule has 0 spiro atoms. The van der Waals surface area contributed by atoms with Crippen LogP contribution in [0.4, 0.5) is 0 Å². The van der Waals surface area contributed by atoms with Crippen molar-refractivity contribution in [1.29, 1.82) is 0 Å². The third-order valence-electron chi connectivity index (χ3n) is 3.05. The highest BCUT2D eigenvalue weighted by molar-refractivity contribution is 9.11. The summed E-state index contributed by atoms with van der Waals surface area (Å²) in [5.74, 6) is 0. The summed E-state index contributed by atoms with van der Waals surface area (Å²) in [4.78, 5) is 0. The van der Waals surface area contributed by atoms with E-state index in [0.29, 0.717) is 13.2 Å². The van der Waals surface area contributed by atoms with Crippen LogP contribution >= 0.6 is 15.9 Å². The zero-order valence-electron chi connectivity index (χ0n) is 11.5. The molecule has 20 heavy (non-hydrogen) atoms. The first-order valence-corrected chi connectivity index (χ1v) is 7.32. The quantitative estimate of drug-likeness (QED) is 0.741. The summed E-state index contributed by atoms with van der Waals surface area (Å²) in [6.07, 6.45) is 3.78. The fourth-order valence-electron chi connectivity index (χ4n) is 2.13. The number of halogens is 1. The summed E-state index contributed by atoms with van der Waals surface area (Å²) in [6, 6.07) is 10.1. The molecule has 1 heterocycles. The molecule has 0 saturated heterocycles. The number of rotatable bonds is 6. The van der Waals surface area contributed by atoms with Crippen LogP contribution in [-0.4, -0.2) is 32.5 Å². The fraction of sp³-hybridized carbons (Fsp3) is 0.375. The Kier molecular flexibility index (Phi) is 5.98. The van der Waals surface area contributed by atoms with E-state index in [-0.39, 0.29) is 18.3 Å². The van der Waals surface area contributed by atoms with Crippen LogP contribution in [0.15, 0.2) is 53.5 Å². The second-order valence-corrected chi connectivity index (χ2v) is 5.76. The van der Waals surface area contributed by atoms with Gasteiger partial charge in [0.1, 0.15) is 18.3 Å². The van der Waals surface area contributed by atoms with E-state index >= 15 is 0 Å². The van der Waals surface area contributed by atoms with E-state index < -0.39 is 0 Å². The number of benzene rings is 1. The molecule has 3 atom stereocenters. The molecule has 0 unspecified atom stereocenters. The lowest BCUT2D eigenvalue weighted by Gasteiger charge is -2.32. The SMILES string of the molecule is C=C(Br)CO[C@H]1C=C[C@@H](c2ccccc2)O[C@@H]1COC. The smallest absolute Gasteiger partial charge is 0.112 e. The summed E-state index contributed by atoms with van der Waals surface area (Å²) >= 11 is 3.29. The highest BCUT2D eigenvalue weighted by Crippen LogP contribution is 2.27. The molecule has 0 aliphatic carbocycles. The van der Waals surface area contributed by atoms with Gasteiger partial charge in [0.2, 0.25) is 0 Å². The lowest BCUT2D eigenvalue weighted by molar-refractivity contribution is -0.104. The van der Waals surface area contributed by atoms with Crippen molar-refractivity contribution in [2.24, 2.45) is 0 Å². The van der Waals surface area contributed by atoms with Crippen LogP contribution in [0.5, 0.6) is 0 Å². The number of hydrogen-bond donors (Lipinski definition) is 0. The largest absolute Gasteiger partial charge is 0.382 e. The Labute approximate surface area is 128 Å². The Morgan fingerprint density at radius 2 is 2.05 bits per heavy atom. The van der Waals surface area contributed by atoms with Crippen LogP contribution < -0.4 is 0 Å². The summed E-state index contributed by atoms with van der Waals surface area (Å²) in [5, 5.41) is 0. The minimum Gasteiger partial charge on any atom is -0.382 e. The summed E-state index contributed by atoms with van der Waals surface area (Å²) in [7, 11) is 1.67. The van der Waals surface area contributed by atoms with Crippen molar-refractivity contribution in [3.63, 3.8) is 0 Å². The normalized spacial score (nSPS) is 25.6. The predicted octanol–water partition coefficient (Wildman–Crippen LogP) is 3.62. The summed E-state index contributed by atoms with van der Waals surface area (Å²) < 4.78 is 17.9. The first-order valence-electron chi connectivity index (χ1n) is 6.53. The van der Waals surface area contributed by atoms with E-state index in [1.54, 1.807) is 7.11 Å². The maximum atomic E-state index is 6.08. The van der Waals surface area contributed by atoms with Crippen LogP contribution in [-0.2, 0) is 14.2 Å². The fourth-order valence-corrected chi connectivity index (χ4v) is 2.26. The van der Waals surface area contributed by atoms with Crippen LogP contribution in [0.25, 0.3) is 0 Å². The average Bonchev–Trinajstić information content (AvgIpc) is 2.47. The van der Waals surface area contributed by atoms with Gasteiger partial charge in [-0.05, 0) is 5.56 Å². The molecule has 3 nitrogen and oxygen atoms in total. The third kappa shape index (κ3) is 4.28. The van der Waals surface area contributed by atoms with Crippen LogP contribution in [0, 0.1) is 0 Å². The Hall–Kier alpha value is -0.940. The maximum Gasteiger partial charge on any atom is 0.112 e. The molecule has 0 N–H and O–H groups in total. The molecular weight excluding hydrogens is 320 g/mol. The lowest BCUT2D eigenvalue weighted by atomic mass is 10.0. The average molecular weight is 339 g/mol. The van der Waals surface area contributed by atoms with E-state index in [1.807, 2.05) is 30.4 Å². The third-order valence-corrected chi connectivity index (χ3v) is 3.28. The van der Waals surface area contributed by atoms with E-state index in [1.165, 1.54) is 0 Å². The Morgan fingerprint density at radius 1 is 1.30 bits per heavy atom. The van der Waals surface area contributed by atoms with Crippen molar-refractivity contribution in [1.82, 2.24) is 0 Å². The van der Waals surface area contributed by atoms with Gasteiger partial charge >= 0.3 is 0 Å². The topological polar surface area (TPSA) is 27.7 Å². The number of methoxy groups -OCH3 is 1. The van der Waals surface area contributed by atoms with Gasteiger partial charge < -0.3 is 14.2 Å². The first-order chi connectivity index (χ1) is 9.70. The first kappa shape index (κ1) is 15.4. The molecule has 0 bridgehead atoms. The van der Waals surface area contributed by atoms with Gasteiger partial charge in [-0.3, -0.25) is 0 Å². The highest BCUT2D eigenvalue weighted by Gasteiger charge is 2.28. The van der Waals surface area contributed by atoms with Gasteiger partial charge in [0.15, 0.2) is 0 Å². The molecule has 0 amide bonds. The van der Waals surface area contributed by atoms with Crippen molar-refractivity contribution in [2.75, 3.05) is 20.3 Å². The van der Waals surface area contributed by atoms with Gasteiger partial charge in [0.05, 0.1) is 13.2 Å². The molecule has 1 aliphatic heterocycles. The zero-order chi connectivity index (χ0) is 14.4. The second kappa shape index (κ2) is 7.74. The van der Waals surface area contributed by atoms with Gasteiger partial charge in [-0.25, -0.2) is 0 Å². The minimum absolute atomic E-state index is 0.0524. The van der Waals surface area contributed by atoms with Gasteiger partial charge in [-0.15, -0.1) is 0 Å². The van der Waals surface area contributed by atoms with Crippen LogP contribution in [0.1, 0.15) is 11.7 Å². The lowest BCUT2D eigenvalue weighted by Crippen LogP contribution is -2.38. The van der Waals surface area contributed by atoms with Crippen molar-refractivity contribution < 1.29 is 14.2 Å². The molecule has 2 rings (SSSR count). The van der Waals surface area contributed by atoms with Gasteiger partial charge in [-0.1, -0.05) is 65.0 Å². The van der Waals surface area contributed by atoms with E-state index in [0.717, 1.165) is 10.0 Å². The van der Waals surface area contributed by atoms with Crippen LogP contribution in [0.2, 0.25) is 0 Å². The van der Waals surface area contributed by atoms with Gasteiger partial charge in [0, 0.05) is 11.6 Å². The second-order valence-electron chi connectivity index (χ2n) is 4.64. The summed E-state index contributed by atoms with van der Waals surface area (Å²) in [6.45, 7) is 4.71. The minimum atomic E-state index is -0.123. The maximum absolute atomic E-state index is 6.08. The molecule has 4 heteroatoms. The molecule has 0 radical (unpaired) electrons. The standard InChI is InChI=1S/C16H19BrO3/c1-12(17)10-19-15-9-8-14(20-16(15)11-18-2)13-6-4-3-5-7-13/h3-9,14-16H,1,10-11H2,2H3/t14-,15-,16+/m0/s1. The van der Waals surface area contributed by atoms with E-state index in [2.05, 4.69) is 34.6 Å². The zero-order valence-corrected chi connectivity index (χ0v) is 13.1. The van der Waals surface area contributed by atoms with E-state index in [4.69, 9.17) is 14.2 Å². The molecule has 1 aromatic carbocycles. The van der Waals surface area contributed by atoms with Crippen molar-refractivity contribution in [3.8, 4) is 0 Å². The molecule has 0 fully saturated rings. The van der Waals surface area contributed by atoms with Crippen molar-refractivity contribution in [3.05, 3.63) is 59.1 Å². The molecule has 1 aliphatic rings. The summed E-state index contributed by atoms with van der Waals surface area (Å²) in [5.41, 5.74) is 1.13.